The molecule has 0 aromatic carbocycles. The normalized spacial score (nSPS) is 14.3. The Balaban J connectivity index is 5.20. The van der Waals surface area contributed by atoms with Crippen molar-refractivity contribution in [3.63, 3.8) is 0 Å². The van der Waals surface area contributed by atoms with Crippen molar-refractivity contribution in [3.05, 3.63) is 24.3 Å². The van der Waals surface area contributed by atoms with Gasteiger partial charge < -0.3 is 33.8 Å². The molecule has 620 valence electrons. The summed E-state index contributed by atoms with van der Waals surface area (Å²) in [6, 6.07) is 0. The number of carbonyl (C=O) groups is 4. The molecule has 0 aliphatic carbocycles. The maximum absolute atomic E-state index is 13.1. The molecule has 6 atom stereocenters. The van der Waals surface area contributed by atoms with Crippen LogP contribution in [-0.2, 0) is 65.4 Å². The molecule has 0 aliphatic rings. The lowest BCUT2D eigenvalue weighted by Crippen LogP contribution is -2.30. The minimum atomic E-state index is -4.97. The van der Waals surface area contributed by atoms with Gasteiger partial charge in [-0.1, -0.05) is 375 Å². The van der Waals surface area contributed by atoms with Crippen LogP contribution in [0, 0.1) is 17.8 Å². The third kappa shape index (κ3) is 78.0. The van der Waals surface area contributed by atoms with Crippen LogP contribution in [0.4, 0.5) is 0 Å². The largest absolute Gasteiger partial charge is 0.472 e. The highest BCUT2D eigenvalue weighted by Gasteiger charge is 2.30. The molecule has 0 fully saturated rings. The Kier molecular flexibility index (Phi) is 73.8. The molecule has 0 saturated carbocycles. The van der Waals surface area contributed by atoms with E-state index in [9.17, 15) is 43.2 Å². The summed E-state index contributed by atoms with van der Waals surface area (Å²) in [7, 11) is -9.94. The van der Waals surface area contributed by atoms with E-state index in [-0.39, 0.29) is 25.7 Å². The van der Waals surface area contributed by atoms with Crippen LogP contribution in [0.3, 0.4) is 0 Å². The Morgan fingerprint density at radius 2 is 0.562 bits per heavy atom. The van der Waals surface area contributed by atoms with Crippen molar-refractivity contribution in [1.82, 2.24) is 0 Å². The third-order valence-electron chi connectivity index (χ3n) is 19.9. The molecule has 0 saturated heterocycles. The molecule has 0 amide bonds. The van der Waals surface area contributed by atoms with Crippen LogP contribution in [0.15, 0.2) is 24.3 Å². The number of allylic oxidation sites excluding steroid dienone is 4. The van der Waals surface area contributed by atoms with Crippen molar-refractivity contribution in [2.24, 2.45) is 17.8 Å². The second-order valence-electron chi connectivity index (χ2n) is 31.4. The summed E-state index contributed by atoms with van der Waals surface area (Å²) >= 11 is 0. The van der Waals surface area contributed by atoms with Crippen LogP contribution in [0.2, 0.25) is 0 Å². The topological polar surface area (TPSA) is 237 Å². The van der Waals surface area contributed by atoms with E-state index in [1.165, 1.54) is 218 Å². The molecule has 0 heterocycles. The van der Waals surface area contributed by atoms with Crippen LogP contribution in [0.5, 0.6) is 0 Å². The summed E-state index contributed by atoms with van der Waals surface area (Å²) in [6.07, 6.45) is 69.1. The fourth-order valence-electron chi connectivity index (χ4n) is 12.8. The molecule has 0 radical (unpaired) electrons. The van der Waals surface area contributed by atoms with E-state index in [4.69, 9.17) is 37.0 Å². The van der Waals surface area contributed by atoms with Gasteiger partial charge in [0.05, 0.1) is 26.4 Å². The fourth-order valence-corrected chi connectivity index (χ4v) is 14.4. The number of ether oxygens (including phenoxy) is 4. The van der Waals surface area contributed by atoms with Crippen molar-refractivity contribution in [2.45, 2.75) is 446 Å². The average molecular weight is 1530 g/mol. The first-order valence-corrected chi connectivity index (χ1v) is 46.7. The van der Waals surface area contributed by atoms with Gasteiger partial charge in [-0.05, 0) is 69.1 Å². The molecular formula is C86H164O17P2. The summed E-state index contributed by atoms with van der Waals surface area (Å²) in [5.41, 5.74) is 0. The number of unbranched alkanes of at least 4 members (excludes halogenated alkanes) is 46. The van der Waals surface area contributed by atoms with Crippen LogP contribution >= 0.6 is 15.6 Å². The van der Waals surface area contributed by atoms with Crippen molar-refractivity contribution in [3.8, 4) is 0 Å². The number of aliphatic hydroxyl groups excluding tert-OH is 1. The Morgan fingerprint density at radius 3 is 0.848 bits per heavy atom. The number of carbonyl (C=O) groups excluding carboxylic acids is 4. The number of phosphoric acid groups is 2. The lowest BCUT2D eigenvalue weighted by molar-refractivity contribution is -0.161. The lowest BCUT2D eigenvalue weighted by Gasteiger charge is -2.21. The zero-order chi connectivity index (χ0) is 77.2. The van der Waals surface area contributed by atoms with Gasteiger partial charge in [0.1, 0.15) is 19.3 Å². The zero-order valence-electron chi connectivity index (χ0n) is 68.7. The van der Waals surface area contributed by atoms with E-state index in [0.717, 1.165) is 121 Å². The van der Waals surface area contributed by atoms with Crippen molar-refractivity contribution in [2.75, 3.05) is 39.6 Å². The molecule has 0 rings (SSSR count). The molecule has 0 aliphatic heterocycles. The standard InChI is InChI=1S/C86H164O17P2/c1-8-10-11-12-13-14-15-16-23-31-36-41-46-55-62-69-85(90)102-81(73-96-83(88)67-60-53-45-40-35-30-26-22-21-24-28-33-38-43-50-57-64-77(3)4)75-100-104(92,93)98-71-80(87)72-99-105(94,95)101-76-82(74-97-84(89)68-61-54-49-48-51-58-65-78(5)6)103-86(91)70-63-56-47-42-37-32-27-20-18-17-19-25-29-34-39-44-52-59-66-79(7)9-2/h14-16,23,77-82,87H,8-13,17-22,24-76H2,1-7H3,(H,92,93)(H,94,95)/b15-14-,23-16-/t79?,80-,81-,82-/m1/s1. The van der Waals surface area contributed by atoms with Gasteiger partial charge >= 0.3 is 39.5 Å². The number of hydrogen-bond acceptors (Lipinski definition) is 15. The zero-order valence-corrected chi connectivity index (χ0v) is 70.5. The molecule has 0 aromatic heterocycles. The van der Waals surface area contributed by atoms with Crippen LogP contribution in [-0.4, -0.2) is 96.7 Å². The van der Waals surface area contributed by atoms with Gasteiger partial charge in [-0.15, -0.1) is 0 Å². The highest BCUT2D eigenvalue weighted by atomic mass is 31.2. The summed E-state index contributed by atoms with van der Waals surface area (Å²) in [5, 5.41) is 10.7. The monoisotopic (exact) mass is 1530 g/mol. The third-order valence-corrected chi connectivity index (χ3v) is 21.8. The Hall–Kier alpha value is -2.46. The van der Waals surface area contributed by atoms with Gasteiger partial charge in [-0.3, -0.25) is 37.3 Å². The van der Waals surface area contributed by atoms with E-state index in [2.05, 4.69) is 72.8 Å². The van der Waals surface area contributed by atoms with E-state index in [1.54, 1.807) is 0 Å². The molecule has 19 heteroatoms. The highest BCUT2D eigenvalue weighted by Crippen LogP contribution is 2.45. The lowest BCUT2D eigenvalue weighted by atomic mass is 9.99. The molecule has 3 unspecified atom stereocenters. The second-order valence-corrected chi connectivity index (χ2v) is 34.3. The van der Waals surface area contributed by atoms with Gasteiger partial charge in [0.25, 0.3) is 0 Å². The molecule has 0 bridgehead atoms. The first-order valence-electron chi connectivity index (χ1n) is 43.7. The first kappa shape index (κ1) is 103. The Bertz CT molecular complexity index is 2120. The molecular weight excluding hydrogens is 1370 g/mol. The minimum absolute atomic E-state index is 0.0853. The van der Waals surface area contributed by atoms with Gasteiger partial charge in [0.15, 0.2) is 12.2 Å². The smallest absolute Gasteiger partial charge is 0.462 e. The Labute approximate surface area is 643 Å². The van der Waals surface area contributed by atoms with Gasteiger partial charge in [-0.25, -0.2) is 9.13 Å². The predicted molar refractivity (Wildman–Crippen MR) is 432 cm³/mol. The van der Waals surface area contributed by atoms with Crippen molar-refractivity contribution >= 4 is 39.5 Å². The molecule has 0 spiro atoms. The Morgan fingerprint density at radius 1 is 0.314 bits per heavy atom. The molecule has 17 nitrogen and oxygen atoms in total. The minimum Gasteiger partial charge on any atom is -0.462 e. The summed E-state index contributed by atoms with van der Waals surface area (Å²) < 4.78 is 68.8. The SMILES string of the molecule is CCCCCC/C=C\C=C/CCCCCCCC(=O)O[C@H](COC(=O)CCCCCCCCCCCCCCCCCCC(C)C)COP(=O)(O)OC[C@@H](O)COP(=O)(O)OC[C@@H](COC(=O)CCCCCCCCC(C)C)OC(=O)CCCCCCCCCCCCCCCCCCCCC(C)CC. The first-order chi connectivity index (χ1) is 50.8. The van der Waals surface area contributed by atoms with Crippen LogP contribution < -0.4 is 0 Å². The maximum atomic E-state index is 13.1. The van der Waals surface area contributed by atoms with Crippen LogP contribution in [0.1, 0.15) is 427 Å². The summed E-state index contributed by atoms with van der Waals surface area (Å²) in [5.74, 6) is 0.220. The average Bonchev–Trinajstić information content (AvgIpc) is 0.968. The van der Waals surface area contributed by atoms with Crippen LogP contribution in [0.25, 0.3) is 0 Å². The summed E-state index contributed by atoms with van der Waals surface area (Å²) in [4.78, 5) is 73.1. The predicted octanol–water partition coefficient (Wildman–Crippen LogP) is 25.6. The van der Waals surface area contributed by atoms with Crippen molar-refractivity contribution < 1.29 is 80.2 Å². The molecule has 0 aromatic rings. The highest BCUT2D eigenvalue weighted by molar-refractivity contribution is 7.47. The van der Waals surface area contributed by atoms with E-state index in [1.807, 2.05) is 0 Å². The second kappa shape index (κ2) is 75.6. The number of aliphatic hydroxyl groups is 1. The number of phosphoric ester groups is 2. The van der Waals surface area contributed by atoms with E-state index in [0.29, 0.717) is 31.6 Å². The van der Waals surface area contributed by atoms with Gasteiger partial charge in [0.2, 0.25) is 0 Å². The maximum Gasteiger partial charge on any atom is 0.472 e. The van der Waals surface area contributed by atoms with Gasteiger partial charge in [-0.2, -0.15) is 0 Å². The number of hydrogen-bond donors (Lipinski definition) is 3. The molecule has 3 N–H and O–H groups in total. The fraction of sp³-hybridized carbons (Fsp3) is 0.907. The van der Waals surface area contributed by atoms with Crippen molar-refractivity contribution in [1.29, 1.82) is 0 Å². The van der Waals surface area contributed by atoms with Gasteiger partial charge in [0, 0.05) is 25.7 Å². The number of esters is 4. The van der Waals surface area contributed by atoms with E-state index >= 15 is 0 Å². The molecule has 105 heavy (non-hydrogen) atoms. The summed E-state index contributed by atoms with van der Waals surface area (Å²) in [6.45, 7) is 11.9. The van der Waals surface area contributed by atoms with E-state index < -0.39 is 97.5 Å². The quantitative estimate of drug-likeness (QED) is 0.0169. The number of rotatable bonds is 82.